The molecule has 0 radical (unpaired) electrons. The number of amides is 1. The van der Waals surface area contributed by atoms with Crippen molar-refractivity contribution in [3.8, 4) is 0 Å². The molecule has 0 aromatic rings. The Morgan fingerprint density at radius 1 is 1.64 bits per heavy atom. The highest BCUT2D eigenvalue weighted by atomic mass is 32.2. The molecule has 0 aliphatic carbocycles. The van der Waals surface area contributed by atoms with Crippen molar-refractivity contribution in [2.24, 2.45) is 5.73 Å². The van der Waals surface area contributed by atoms with E-state index < -0.39 is 22.4 Å². The molecule has 0 unspecified atom stereocenters. The van der Waals surface area contributed by atoms with E-state index in [0.717, 1.165) is 0 Å². The molecule has 1 rings (SSSR count). The van der Waals surface area contributed by atoms with Crippen LogP contribution in [-0.4, -0.2) is 29.3 Å². The van der Waals surface area contributed by atoms with Gasteiger partial charge in [-0.1, -0.05) is 6.58 Å². The third-order valence-corrected chi connectivity index (χ3v) is 2.22. The van der Waals surface area contributed by atoms with E-state index in [1.165, 1.54) is 0 Å². The summed E-state index contributed by atoms with van der Waals surface area (Å²) in [6, 6.07) is 0. The number of nitrogens with two attached hydrogens (primary N) is 1. The van der Waals surface area contributed by atoms with Gasteiger partial charge in [0.1, 0.15) is 6.17 Å². The lowest BCUT2D eigenvalue weighted by atomic mass is 10.1. The third-order valence-electron chi connectivity index (χ3n) is 1.33. The molecule has 3 N–H and O–H groups in total. The minimum absolute atomic E-state index is 0.0253. The molecule has 1 amide bonds. The Bertz CT molecular complexity index is 319. The van der Waals surface area contributed by atoms with Crippen molar-refractivity contribution < 1.29 is 17.8 Å². The van der Waals surface area contributed by atoms with E-state index in [1.54, 1.807) is 0 Å². The summed E-state index contributed by atoms with van der Waals surface area (Å²) in [7, 11) is -4.50. The molecule has 7 heteroatoms. The summed E-state index contributed by atoms with van der Waals surface area (Å²) < 4.78 is 29.2. The predicted molar refractivity (Wildman–Crippen MR) is 35.5 cm³/mol. The summed E-state index contributed by atoms with van der Waals surface area (Å²) in [5, 5.41) is 0. The lowest BCUT2D eigenvalue weighted by molar-refractivity contribution is -0.130. The Balaban J connectivity index is 2.97. The van der Waals surface area contributed by atoms with Gasteiger partial charge in [0.25, 0.3) is 5.91 Å². The van der Waals surface area contributed by atoms with Crippen LogP contribution in [-0.2, 0) is 15.1 Å². The molecule has 0 spiro atoms. The second kappa shape index (κ2) is 2.03. The Morgan fingerprint density at radius 3 is 2.27 bits per heavy atom. The first-order chi connectivity index (χ1) is 4.85. The monoisotopic (exact) mass is 178 g/mol. The number of rotatable bonds is 1. The first kappa shape index (κ1) is 8.18. The first-order valence-electron chi connectivity index (χ1n) is 2.61. The second-order valence-electron chi connectivity index (χ2n) is 2.05. The molecule has 6 nitrogen and oxygen atoms in total. The molecule has 1 heterocycles. The van der Waals surface area contributed by atoms with Crippen LogP contribution in [0.25, 0.3) is 0 Å². The van der Waals surface area contributed by atoms with Crippen LogP contribution in [0, 0.1) is 0 Å². The van der Waals surface area contributed by atoms with Gasteiger partial charge in [-0.3, -0.25) is 9.35 Å². The number of carbonyl (C=O) groups is 1. The van der Waals surface area contributed by atoms with Gasteiger partial charge in [0.2, 0.25) is 0 Å². The van der Waals surface area contributed by atoms with Gasteiger partial charge in [-0.25, -0.2) is 0 Å². The highest BCUT2D eigenvalue weighted by Crippen LogP contribution is 2.22. The largest absolute Gasteiger partial charge is 0.364 e. The van der Waals surface area contributed by atoms with E-state index in [1.807, 2.05) is 0 Å². The minimum atomic E-state index is -4.50. The van der Waals surface area contributed by atoms with Gasteiger partial charge in [-0.2, -0.15) is 12.7 Å². The van der Waals surface area contributed by atoms with Crippen LogP contribution in [0.5, 0.6) is 0 Å². The van der Waals surface area contributed by atoms with Gasteiger partial charge < -0.3 is 5.73 Å². The molecular formula is C4H6N2O4S. The van der Waals surface area contributed by atoms with Crippen LogP contribution >= 0.6 is 0 Å². The average molecular weight is 178 g/mol. The SMILES string of the molecule is C=C1C(=O)N(S(=O)(=O)O)[C@H]1N. The Hall–Kier alpha value is -0.920. The summed E-state index contributed by atoms with van der Waals surface area (Å²) in [6.45, 7) is 3.19. The maximum atomic E-state index is 10.6. The highest BCUT2D eigenvalue weighted by Gasteiger charge is 2.45. The van der Waals surface area contributed by atoms with Crippen LogP contribution in [0.15, 0.2) is 12.2 Å². The quantitative estimate of drug-likeness (QED) is 0.288. The fraction of sp³-hybridized carbons (Fsp3) is 0.250. The van der Waals surface area contributed by atoms with Crippen LogP contribution in [0.3, 0.4) is 0 Å². The van der Waals surface area contributed by atoms with Gasteiger partial charge in [-0.05, 0) is 0 Å². The lowest BCUT2D eigenvalue weighted by Crippen LogP contribution is -2.61. The van der Waals surface area contributed by atoms with Crippen molar-refractivity contribution in [2.45, 2.75) is 6.17 Å². The smallest absolute Gasteiger partial charge is 0.306 e. The molecule has 1 aliphatic heterocycles. The van der Waals surface area contributed by atoms with E-state index in [4.69, 9.17) is 10.3 Å². The second-order valence-corrected chi connectivity index (χ2v) is 3.34. The molecule has 0 bridgehead atoms. The van der Waals surface area contributed by atoms with Gasteiger partial charge >= 0.3 is 10.3 Å². The van der Waals surface area contributed by atoms with Crippen molar-refractivity contribution in [1.29, 1.82) is 0 Å². The molecule has 1 fully saturated rings. The van der Waals surface area contributed by atoms with Crippen molar-refractivity contribution >= 4 is 16.2 Å². The van der Waals surface area contributed by atoms with Crippen LogP contribution < -0.4 is 5.73 Å². The molecule has 0 aromatic heterocycles. The van der Waals surface area contributed by atoms with E-state index in [2.05, 4.69) is 6.58 Å². The van der Waals surface area contributed by atoms with Crippen LogP contribution in [0.1, 0.15) is 0 Å². The maximum absolute atomic E-state index is 10.6. The molecule has 0 aromatic carbocycles. The van der Waals surface area contributed by atoms with Gasteiger partial charge in [0, 0.05) is 5.57 Å². The standard InChI is InChI=1S/C4H6N2O4S/c1-2-3(5)6(4(2)7)11(8,9)10/h3H,1,5H2,(H,8,9,10)/t3-/m1/s1. The number of β-lactam (4-membered cyclic amide) rings is 1. The summed E-state index contributed by atoms with van der Waals surface area (Å²) in [4.78, 5) is 10.6. The molecule has 62 valence electrons. The number of carbonyl (C=O) groups excluding carboxylic acids is 1. The zero-order valence-electron chi connectivity index (χ0n) is 5.39. The Kier molecular flexibility index (Phi) is 1.51. The average Bonchev–Trinajstić information content (AvgIpc) is 1.85. The maximum Gasteiger partial charge on any atom is 0.364 e. The lowest BCUT2D eigenvalue weighted by Gasteiger charge is -2.35. The van der Waals surface area contributed by atoms with Crippen molar-refractivity contribution in [3.63, 3.8) is 0 Å². The van der Waals surface area contributed by atoms with E-state index in [0.29, 0.717) is 0 Å². The zero-order chi connectivity index (χ0) is 8.81. The normalized spacial score (nSPS) is 25.3. The van der Waals surface area contributed by atoms with Gasteiger partial charge in [-0.15, -0.1) is 0 Å². The Labute approximate surface area is 63.2 Å². The van der Waals surface area contributed by atoms with Crippen LogP contribution in [0.2, 0.25) is 0 Å². The highest BCUT2D eigenvalue weighted by molar-refractivity contribution is 7.84. The number of nitrogens with zero attached hydrogens (tertiary/aromatic N) is 1. The first-order valence-corrected chi connectivity index (χ1v) is 4.01. The summed E-state index contributed by atoms with van der Waals surface area (Å²) >= 11 is 0. The number of hydrogen-bond donors (Lipinski definition) is 2. The molecule has 1 saturated heterocycles. The zero-order valence-corrected chi connectivity index (χ0v) is 6.21. The summed E-state index contributed by atoms with van der Waals surface area (Å²) in [6.07, 6.45) is -1.11. The topological polar surface area (TPSA) is 101 Å². The van der Waals surface area contributed by atoms with Crippen molar-refractivity contribution in [3.05, 3.63) is 12.2 Å². The van der Waals surface area contributed by atoms with Crippen LogP contribution in [0.4, 0.5) is 0 Å². The Morgan fingerprint density at radius 2 is 2.09 bits per heavy atom. The van der Waals surface area contributed by atoms with E-state index >= 15 is 0 Å². The van der Waals surface area contributed by atoms with E-state index in [-0.39, 0.29) is 9.88 Å². The fourth-order valence-corrected chi connectivity index (χ4v) is 1.46. The third kappa shape index (κ3) is 1.02. The molecule has 1 aliphatic rings. The molecular weight excluding hydrogens is 172 g/mol. The van der Waals surface area contributed by atoms with Gasteiger partial charge in [0.05, 0.1) is 0 Å². The van der Waals surface area contributed by atoms with Crippen molar-refractivity contribution in [2.75, 3.05) is 0 Å². The number of hydrogen-bond acceptors (Lipinski definition) is 4. The van der Waals surface area contributed by atoms with E-state index in [9.17, 15) is 13.2 Å². The molecule has 0 saturated carbocycles. The van der Waals surface area contributed by atoms with Crippen molar-refractivity contribution in [1.82, 2.24) is 4.31 Å². The fourth-order valence-electron chi connectivity index (χ4n) is 0.718. The summed E-state index contributed by atoms with van der Waals surface area (Å²) in [5.41, 5.74) is 5.08. The molecule has 11 heavy (non-hydrogen) atoms. The molecule has 1 atom stereocenters. The minimum Gasteiger partial charge on any atom is -0.306 e. The predicted octanol–water partition coefficient (Wildman–Crippen LogP) is -1.53. The summed E-state index contributed by atoms with van der Waals surface area (Å²) in [5.74, 6) is -0.861. The van der Waals surface area contributed by atoms with Gasteiger partial charge in [0.15, 0.2) is 0 Å².